The SMILES string of the molecule is COC1(C#Cc2ccc(Cl)c(-c3ncc4c(n3)-c3sc(NC(C)=O)nc3CC4)c2)CCN(C)CC1. The van der Waals surface area contributed by atoms with Crippen molar-refractivity contribution >= 4 is 34.0 Å². The number of hydrogen-bond donors (Lipinski definition) is 1. The highest BCUT2D eigenvalue weighted by atomic mass is 35.5. The minimum absolute atomic E-state index is 0.139. The van der Waals surface area contributed by atoms with E-state index in [1.807, 2.05) is 24.4 Å². The number of fused-ring (bicyclic) bond motifs is 3. The molecule has 1 N–H and O–H groups in total. The van der Waals surface area contributed by atoms with Crippen LogP contribution in [0.1, 0.15) is 36.6 Å². The average molecular weight is 508 g/mol. The molecule has 9 heteroatoms. The molecule has 3 aromatic rings. The minimum Gasteiger partial charge on any atom is -0.365 e. The average Bonchev–Trinajstić information content (AvgIpc) is 3.27. The summed E-state index contributed by atoms with van der Waals surface area (Å²) in [7, 11) is 3.85. The van der Waals surface area contributed by atoms with Gasteiger partial charge in [-0.15, -0.1) is 0 Å². The van der Waals surface area contributed by atoms with E-state index in [1.165, 1.54) is 18.3 Å². The molecule has 0 bridgehead atoms. The number of aryl methyl sites for hydroxylation is 2. The highest BCUT2D eigenvalue weighted by molar-refractivity contribution is 7.19. The number of piperidine rings is 1. The van der Waals surface area contributed by atoms with Crippen LogP contribution >= 0.6 is 22.9 Å². The van der Waals surface area contributed by atoms with Gasteiger partial charge in [0, 0.05) is 57.3 Å². The number of nitrogens with one attached hydrogen (secondary N) is 1. The third kappa shape index (κ3) is 4.95. The third-order valence-electron chi connectivity index (χ3n) is 6.52. The number of methoxy groups -OCH3 is 1. The number of halogens is 1. The first-order chi connectivity index (χ1) is 16.9. The highest BCUT2D eigenvalue weighted by Gasteiger charge is 2.31. The molecule has 2 aliphatic rings. The summed E-state index contributed by atoms with van der Waals surface area (Å²) in [5.74, 6) is 7.08. The van der Waals surface area contributed by atoms with Crippen LogP contribution in [0.2, 0.25) is 5.02 Å². The normalized spacial score (nSPS) is 16.6. The predicted molar refractivity (Wildman–Crippen MR) is 139 cm³/mol. The number of ether oxygens (including phenoxy) is 1. The second-order valence-electron chi connectivity index (χ2n) is 8.99. The van der Waals surface area contributed by atoms with Gasteiger partial charge in [0.15, 0.2) is 11.0 Å². The molecule has 3 heterocycles. The Labute approximate surface area is 213 Å². The Morgan fingerprint density at radius 1 is 1.26 bits per heavy atom. The lowest BCUT2D eigenvalue weighted by Gasteiger charge is -2.35. The minimum atomic E-state index is -0.428. The summed E-state index contributed by atoms with van der Waals surface area (Å²) in [4.78, 5) is 28.8. The molecule has 1 fully saturated rings. The largest absolute Gasteiger partial charge is 0.365 e. The number of amides is 1. The summed E-state index contributed by atoms with van der Waals surface area (Å²) < 4.78 is 5.83. The molecule has 0 unspecified atom stereocenters. The number of aromatic nitrogens is 3. The van der Waals surface area contributed by atoms with E-state index in [4.69, 9.17) is 21.3 Å². The van der Waals surface area contributed by atoms with E-state index in [0.29, 0.717) is 16.0 Å². The highest BCUT2D eigenvalue weighted by Crippen LogP contribution is 2.39. The first kappa shape index (κ1) is 23.9. The summed E-state index contributed by atoms with van der Waals surface area (Å²) in [5, 5.41) is 3.94. The van der Waals surface area contributed by atoms with Gasteiger partial charge in [-0.3, -0.25) is 4.79 Å². The Balaban J connectivity index is 1.48. The number of hydrogen-bond acceptors (Lipinski definition) is 7. The van der Waals surface area contributed by atoms with E-state index in [1.54, 1.807) is 7.11 Å². The molecule has 5 rings (SSSR count). The van der Waals surface area contributed by atoms with E-state index in [-0.39, 0.29) is 5.91 Å². The first-order valence-electron chi connectivity index (χ1n) is 11.6. The second-order valence-corrected chi connectivity index (χ2v) is 10.4. The molecule has 35 heavy (non-hydrogen) atoms. The van der Waals surface area contributed by atoms with E-state index in [2.05, 4.69) is 39.1 Å². The van der Waals surface area contributed by atoms with Gasteiger partial charge in [0.05, 0.1) is 21.3 Å². The Bertz CT molecular complexity index is 1350. The lowest BCUT2D eigenvalue weighted by atomic mass is 9.91. The number of carbonyl (C=O) groups is 1. The molecule has 0 atom stereocenters. The fraction of sp³-hybridized carbons (Fsp3) is 0.385. The number of thiazole rings is 1. The van der Waals surface area contributed by atoms with Crippen LogP contribution in [0.4, 0.5) is 5.13 Å². The molecule has 1 aliphatic carbocycles. The topological polar surface area (TPSA) is 80.2 Å². The van der Waals surface area contributed by atoms with Gasteiger partial charge < -0.3 is 15.0 Å². The number of likely N-dealkylation sites (tertiary alicyclic amines) is 1. The molecule has 7 nitrogen and oxygen atoms in total. The quantitative estimate of drug-likeness (QED) is 0.528. The monoisotopic (exact) mass is 507 g/mol. The van der Waals surface area contributed by atoms with Crippen molar-refractivity contribution in [2.75, 3.05) is 32.6 Å². The van der Waals surface area contributed by atoms with Gasteiger partial charge in [0.25, 0.3) is 0 Å². The lowest BCUT2D eigenvalue weighted by Crippen LogP contribution is -2.43. The fourth-order valence-electron chi connectivity index (χ4n) is 4.40. The van der Waals surface area contributed by atoms with E-state index in [9.17, 15) is 4.79 Å². The van der Waals surface area contributed by atoms with Gasteiger partial charge in [0.1, 0.15) is 5.60 Å². The Hall–Kier alpha value is -2.83. The summed E-state index contributed by atoms with van der Waals surface area (Å²) in [6, 6.07) is 5.69. The van der Waals surface area contributed by atoms with Gasteiger partial charge in [-0.25, -0.2) is 15.0 Å². The Morgan fingerprint density at radius 2 is 2.06 bits per heavy atom. The van der Waals surface area contributed by atoms with Crippen LogP contribution in [0.25, 0.3) is 22.0 Å². The van der Waals surface area contributed by atoms with Crippen LogP contribution in [0.15, 0.2) is 24.4 Å². The van der Waals surface area contributed by atoms with Crippen LogP contribution in [0.5, 0.6) is 0 Å². The molecule has 2 aromatic heterocycles. The summed E-state index contributed by atoms with van der Waals surface area (Å²) in [5.41, 5.74) is 4.01. The molecular formula is C26H26ClN5O2S. The Morgan fingerprint density at radius 3 is 2.80 bits per heavy atom. The van der Waals surface area contributed by atoms with Crippen molar-refractivity contribution in [3.63, 3.8) is 0 Å². The zero-order valence-electron chi connectivity index (χ0n) is 19.9. The van der Waals surface area contributed by atoms with Crippen LogP contribution in [-0.4, -0.2) is 58.6 Å². The van der Waals surface area contributed by atoms with Crippen molar-refractivity contribution in [1.29, 1.82) is 0 Å². The summed E-state index contributed by atoms with van der Waals surface area (Å²) in [6.07, 6.45) is 5.22. The van der Waals surface area contributed by atoms with E-state index in [0.717, 1.165) is 71.7 Å². The molecule has 1 aliphatic heterocycles. The van der Waals surface area contributed by atoms with Crippen molar-refractivity contribution < 1.29 is 9.53 Å². The summed E-state index contributed by atoms with van der Waals surface area (Å²) >= 11 is 8.02. The zero-order valence-corrected chi connectivity index (χ0v) is 21.5. The maximum absolute atomic E-state index is 11.5. The number of rotatable bonds is 3. The number of anilines is 1. The van der Waals surface area contributed by atoms with Crippen LogP contribution in [-0.2, 0) is 22.4 Å². The Kier molecular flexibility index (Phi) is 6.60. The standard InChI is InChI=1S/C26H26ClN5O2S/c1-16(33)29-25-30-21-7-5-18-15-28-24(31-22(18)23(21)35-25)19-14-17(4-6-20(19)27)8-9-26(34-3)10-12-32(2)13-11-26/h4,6,14-15H,5,7,10-13H2,1-3H3,(H,29,30,33). The van der Waals surface area contributed by atoms with E-state index >= 15 is 0 Å². The predicted octanol–water partition coefficient (Wildman–Crippen LogP) is 4.44. The van der Waals surface area contributed by atoms with Crippen molar-refractivity contribution in [3.05, 3.63) is 46.2 Å². The molecule has 0 spiro atoms. The summed E-state index contributed by atoms with van der Waals surface area (Å²) in [6.45, 7) is 3.40. The van der Waals surface area contributed by atoms with Crippen molar-refractivity contribution in [1.82, 2.24) is 19.9 Å². The van der Waals surface area contributed by atoms with Crippen molar-refractivity contribution in [2.24, 2.45) is 0 Å². The van der Waals surface area contributed by atoms with Gasteiger partial charge in [0.2, 0.25) is 5.91 Å². The molecule has 0 radical (unpaired) electrons. The maximum Gasteiger partial charge on any atom is 0.223 e. The second kappa shape index (κ2) is 9.67. The smallest absolute Gasteiger partial charge is 0.223 e. The lowest BCUT2D eigenvalue weighted by molar-refractivity contribution is -0.114. The van der Waals surface area contributed by atoms with Crippen LogP contribution in [0, 0.1) is 11.8 Å². The maximum atomic E-state index is 11.5. The molecule has 180 valence electrons. The van der Waals surface area contributed by atoms with Crippen molar-refractivity contribution in [3.8, 4) is 33.8 Å². The van der Waals surface area contributed by atoms with Crippen molar-refractivity contribution in [2.45, 2.75) is 38.2 Å². The molecular weight excluding hydrogens is 482 g/mol. The van der Waals surface area contributed by atoms with E-state index < -0.39 is 5.60 Å². The third-order valence-corrected chi connectivity index (χ3v) is 7.87. The molecule has 1 saturated heterocycles. The fourth-order valence-corrected chi connectivity index (χ4v) is 5.68. The van der Waals surface area contributed by atoms with Gasteiger partial charge in [-0.1, -0.05) is 34.8 Å². The first-order valence-corrected chi connectivity index (χ1v) is 12.8. The van der Waals surface area contributed by atoms with Gasteiger partial charge in [-0.2, -0.15) is 0 Å². The van der Waals surface area contributed by atoms with Crippen LogP contribution < -0.4 is 5.32 Å². The number of benzene rings is 1. The van der Waals surface area contributed by atoms with Gasteiger partial charge >= 0.3 is 0 Å². The molecule has 0 saturated carbocycles. The number of carbonyl (C=O) groups excluding carboxylic acids is 1. The zero-order chi connectivity index (χ0) is 24.6. The molecule has 1 aromatic carbocycles. The molecule has 1 amide bonds. The number of nitrogens with zero attached hydrogens (tertiary/aromatic N) is 4. The van der Waals surface area contributed by atoms with Gasteiger partial charge in [-0.05, 0) is 43.7 Å². The van der Waals surface area contributed by atoms with Crippen LogP contribution in [0.3, 0.4) is 0 Å².